The quantitative estimate of drug-likeness (QED) is 0.846. The van der Waals surface area contributed by atoms with Crippen LogP contribution in [0.25, 0.3) is 0 Å². The largest absolute Gasteiger partial charge is 0.306 e. The van der Waals surface area contributed by atoms with Gasteiger partial charge in [0, 0.05) is 24.5 Å². The highest BCUT2D eigenvalue weighted by atomic mass is 16.1. The predicted molar refractivity (Wildman–Crippen MR) is 78.7 cm³/mol. The molecule has 0 aliphatic heterocycles. The number of aryl methyl sites for hydroxylation is 2. The van der Waals surface area contributed by atoms with Gasteiger partial charge in [-0.1, -0.05) is 12.1 Å². The molecule has 1 aliphatic carbocycles. The Labute approximate surface area is 119 Å². The standard InChI is InChI=1S/C17H18N2O/c20-17(12-19-11-13-6-8-18-9-7-13)16-5-4-14-2-1-3-15(14)10-16/h4-10,19H,1-3,11-12H2. The van der Waals surface area contributed by atoms with Gasteiger partial charge in [-0.15, -0.1) is 0 Å². The lowest BCUT2D eigenvalue weighted by atomic mass is 10.0. The minimum absolute atomic E-state index is 0.161. The Morgan fingerprint density at radius 2 is 1.90 bits per heavy atom. The number of pyridine rings is 1. The second kappa shape index (κ2) is 5.97. The summed E-state index contributed by atoms with van der Waals surface area (Å²) in [4.78, 5) is 16.1. The molecule has 1 aromatic carbocycles. The SMILES string of the molecule is O=C(CNCc1ccncc1)c1ccc2c(c1)CCC2. The first kappa shape index (κ1) is 13.0. The molecule has 0 saturated heterocycles. The van der Waals surface area contributed by atoms with Crippen molar-refractivity contribution in [3.63, 3.8) is 0 Å². The fourth-order valence-electron chi connectivity index (χ4n) is 2.67. The monoisotopic (exact) mass is 266 g/mol. The van der Waals surface area contributed by atoms with Crippen molar-refractivity contribution < 1.29 is 4.79 Å². The van der Waals surface area contributed by atoms with E-state index in [0.29, 0.717) is 13.1 Å². The van der Waals surface area contributed by atoms with E-state index in [2.05, 4.69) is 22.4 Å². The molecule has 1 aliphatic rings. The highest BCUT2D eigenvalue weighted by molar-refractivity contribution is 5.97. The molecule has 0 saturated carbocycles. The molecule has 1 aromatic heterocycles. The first-order valence-corrected chi connectivity index (χ1v) is 7.07. The molecule has 1 heterocycles. The summed E-state index contributed by atoms with van der Waals surface area (Å²) in [5, 5.41) is 3.19. The fraction of sp³-hybridized carbons (Fsp3) is 0.294. The van der Waals surface area contributed by atoms with E-state index < -0.39 is 0 Å². The van der Waals surface area contributed by atoms with Crippen LogP contribution in [0.5, 0.6) is 0 Å². The van der Waals surface area contributed by atoms with Gasteiger partial charge < -0.3 is 5.32 Å². The minimum Gasteiger partial charge on any atom is -0.306 e. The number of hydrogen-bond acceptors (Lipinski definition) is 3. The third-order valence-corrected chi connectivity index (χ3v) is 3.78. The summed E-state index contributed by atoms with van der Waals surface area (Å²) >= 11 is 0. The number of aromatic nitrogens is 1. The Kier molecular flexibility index (Phi) is 3.88. The molecular weight excluding hydrogens is 248 g/mol. The number of carbonyl (C=O) groups excluding carboxylic acids is 1. The lowest BCUT2D eigenvalue weighted by molar-refractivity contribution is 0.0990. The number of fused-ring (bicyclic) bond motifs is 1. The van der Waals surface area contributed by atoms with Crippen LogP contribution in [-0.2, 0) is 19.4 Å². The Morgan fingerprint density at radius 1 is 1.10 bits per heavy atom. The van der Waals surface area contributed by atoms with Crippen molar-refractivity contribution in [3.8, 4) is 0 Å². The van der Waals surface area contributed by atoms with Crippen molar-refractivity contribution in [3.05, 3.63) is 65.0 Å². The van der Waals surface area contributed by atoms with Crippen molar-refractivity contribution in [1.29, 1.82) is 0 Å². The van der Waals surface area contributed by atoms with Crippen molar-refractivity contribution in [1.82, 2.24) is 10.3 Å². The first-order chi connectivity index (χ1) is 9.83. The van der Waals surface area contributed by atoms with Crippen LogP contribution in [0.2, 0.25) is 0 Å². The van der Waals surface area contributed by atoms with Crippen molar-refractivity contribution in [2.45, 2.75) is 25.8 Å². The Balaban J connectivity index is 1.57. The van der Waals surface area contributed by atoms with Gasteiger partial charge >= 0.3 is 0 Å². The summed E-state index contributed by atoms with van der Waals surface area (Å²) in [6.07, 6.45) is 7.01. The van der Waals surface area contributed by atoms with Gasteiger partial charge in [0.1, 0.15) is 0 Å². The first-order valence-electron chi connectivity index (χ1n) is 7.07. The predicted octanol–water partition coefficient (Wildman–Crippen LogP) is 2.54. The molecule has 0 atom stereocenters. The smallest absolute Gasteiger partial charge is 0.176 e. The molecule has 3 heteroatoms. The van der Waals surface area contributed by atoms with Crippen LogP contribution in [-0.4, -0.2) is 17.3 Å². The number of hydrogen-bond donors (Lipinski definition) is 1. The summed E-state index contributed by atoms with van der Waals surface area (Å²) < 4.78 is 0. The van der Waals surface area contributed by atoms with Crippen molar-refractivity contribution in [2.24, 2.45) is 0 Å². The molecule has 3 nitrogen and oxygen atoms in total. The average molecular weight is 266 g/mol. The maximum Gasteiger partial charge on any atom is 0.176 e. The van der Waals surface area contributed by atoms with E-state index in [0.717, 1.165) is 24.0 Å². The van der Waals surface area contributed by atoms with Gasteiger partial charge in [0.2, 0.25) is 0 Å². The molecular formula is C17H18N2O. The normalized spacial score (nSPS) is 13.2. The fourth-order valence-corrected chi connectivity index (χ4v) is 2.67. The minimum atomic E-state index is 0.161. The molecule has 1 N–H and O–H groups in total. The molecule has 0 fully saturated rings. The Hall–Kier alpha value is -2.00. The zero-order chi connectivity index (χ0) is 13.8. The second-order valence-electron chi connectivity index (χ2n) is 5.22. The zero-order valence-corrected chi connectivity index (χ0v) is 11.4. The van der Waals surface area contributed by atoms with Gasteiger partial charge in [0.25, 0.3) is 0 Å². The molecule has 0 bridgehead atoms. The average Bonchev–Trinajstić information content (AvgIpc) is 2.95. The van der Waals surface area contributed by atoms with E-state index in [1.54, 1.807) is 12.4 Å². The summed E-state index contributed by atoms with van der Waals surface area (Å²) in [5.41, 5.74) is 4.73. The summed E-state index contributed by atoms with van der Waals surface area (Å²) in [6, 6.07) is 10.0. The summed E-state index contributed by atoms with van der Waals surface area (Å²) in [6.45, 7) is 1.07. The molecule has 0 radical (unpaired) electrons. The number of Topliss-reactive ketones (excluding diaryl/α,β-unsaturated/α-hetero) is 1. The van der Waals surface area contributed by atoms with E-state index >= 15 is 0 Å². The van der Waals surface area contributed by atoms with Gasteiger partial charge in [-0.25, -0.2) is 0 Å². The van der Waals surface area contributed by atoms with Gasteiger partial charge in [-0.05, 0) is 54.2 Å². The molecule has 0 unspecified atom stereocenters. The number of nitrogens with zero attached hydrogens (tertiary/aromatic N) is 1. The van der Waals surface area contributed by atoms with Gasteiger partial charge in [0.15, 0.2) is 5.78 Å². The number of benzene rings is 1. The number of ketones is 1. The highest BCUT2D eigenvalue weighted by Crippen LogP contribution is 2.22. The molecule has 3 rings (SSSR count). The molecule has 0 spiro atoms. The highest BCUT2D eigenvalue weighted by Gasteiger charge is 2.13. The molecule has 2 aromatic rings. The Bertz CT molecular complexity index is 608. The molecule has 20 heavy (non-hydrogen) atoms. The maximum absolute atomic E-state index is 12.2. The summed E-state index contributed by atoms with van der Waals surface area (Å²) in [5.74, 6) is 0.161. The summed E-state index contributed by atoms with van der Waals surface area (Å²) in [7, 11) is 0. The van der Waals surface area contributed by atoms with Crippen LogP contribution in [0.4, 0.5) is 0 Å². The molecule has 102 valence electrons. The van der Waals surface area contributed by atoms with Crippen LogP contribution >= 0.6 is 0 Å². The van der Waals surface area contributed by atoms with E-state index in [9.17, 15) is 4.79 Å². The van der Waals surface area contributed by atoms with E-state index in [1.165, 1.54) is 17.5 Å². The number of rotatable bonds is 5. The number of carbonyl (C=O) groups is 1. The number of nitrogens with one attached hydrogen (secondary N) is 1. The lowest BCUT2D eigenvalue weighted by Crippen LogP contribution is -2.22. The van der Waals surface area contributed by atoms with Crippen molar-refractivity contribution >= 4 is 5.78 Å². The van der Waals surface area contributed by atoms with Crippen LogP contribution < -0.4 is 5.32 Å². The second-order valence-corrected chi connectivity index (χ2v) is 5.22. The van der Waals surface area contributed by atoms with Gasteiger partial charge in [0.05, 0.1) is 6.54 Å². The third kappa shape index (κ3) is 2.94. The van der Waals surface area contributed by atoms with Crippen molar-refractivity contribution in [2.75, 3.05) is 6.54 Å². The van der Waals surface area contributed by atoms with Crippen LogP contribution in [0.1, 0.15) is 33.5 Å². The van der Waals surface area contributed by atoms with E-state index in [4.69, 9.17) is 0 Å². The van der Waals surface area contributed by atoms with Crippen LogP contribution in [0.15, 0.2) is 42.7 Å². The Morgan fingerprint density at radius 3 is 2.75 bits per heavy atom. The molecule has 0 amide bonds. The van der Waals surface area contributed by atoms with Crippen LogP contribution in [0.3, 0.4) is 0 Å². The van der Waals surface area contributed by atoms with E-state index in [1.807, 2.05) is 18.2 Å². The van der Waals surface area contributed by atoms with Gasteiger partial charge in [-0.2, -0.15) is 0 Å². The van der Waals surface area contributed by atoms with Crippen LogP contribution in [0, 0.1) is 0 Å². The van der Waals surface area contributed by atoms with E-state index in [-0.39, 0.29) is 5.78 Å². The zero-order valence-electron chi connectivity index (χ0n) is 11.4. The third-order valence-electron chi connectivity index (χ3n) is 3.78. The lowest BCUT2D eigenvalue weighted by Gasteiger charge is -2.06. The topological polar surface area (TPSA) is 42.0 Å². The van der Waals surface area contributed by atoms with Gasteiger partial charge in [-0.3, -0.25) is 9.78 Å². The maximum atomic E-state index is 12.2.